The van der Waals surface area contributed by atoms with Gasteiger partial charge >= 0.3 is 0 Å². The summed E-state index contributed by atoms with van der Waals surface area (Å²) in [5.74, 6) is 0.936. The van der Waals surface area contributed by atoms with Gasteiger partial charge in [-0.05, 0) is 43.5 Å². The molecule has 0 radical (unpaired) electrons. The van der Waals surface area contributed by atoms with Crippen molar-refractivity contribution in [2.24, 2.45) is 0 Å². The molecular weight excluding hydrogens is 344 g/mol. The second kappa shape index (κ2) is 8.20. The normalized spacial score (nSPS) is 17.3. The fraction of sp³-hybridized carbons (Fsp3) is 0.381. The third-order valence-electron chi connectivity index (χ3n) is 5.28. The number of carbonyl (C=O) groups excluding carboxylic acids is 1. The van der Waals surface area contributed by atoms with Crippen molar-refractivity contribution in [1.29, 1.82) is 0 Å². The van der Waals surface area contributed by atoms with Crippen LogP contribution in [0.2, 0.25) is 0 Å². The van der Waals surface area contributed by atoms with Crippen molar-refractivity contribution in [3.05, 3.63) is 69.3 Å². The lowest BCUT2D eigenvalue weighted by molar-refractivity contribution is -0.385. The Balaban J connectivity index is 1.84. The van der Waals surface area contributed by atoms with Crippen LogP contribution in [0.15, 0.2) is 42.5 Å². The Bertz CT molecular complexity index is 833. The molecule has 6 nitrogen and oxygen atoms in total. The topological polar surface area (TPSA) is 72.7 Å². The van der Waals surface area contributed by atoms with Crippen molar-refractivity contribution < 1.29 is 14.5 Å². The number of hydrogen-bond donors (Lipinski definition) is 0. The summed E-state index contributed by atoms with van der Waals surface area (Å²) >= 11 is 0. The van der Waals surface area contributed by atoms with E-state index in [2.05, 4.69) is 12.1 Å². The third-order valence-corrected chi connectivity index (χ3v) is 5.28. The van der Waals surface area contributed by atoms with Gasteiger partial charge in [-0.3, -0.25) is 14.9 Å². The summed E-state index contributed by atoms with van der Waals surface area (Å²) in [5, 5.41) is 11.2. The van der Waals surface area contributed by atoms with Crippen LogP contribution in [0.4, 0.5) is 5.69 Å². The van der Waals surface area contributed by atoms with Crippen molar-refractivity contribution >= 4 is 11.6 Å². The van der Waals surface area contributed by atoms with Crippen LogP contribution in [0.1, 0.15) is 46.7 Å². The van der Waals surface area contributed by atoms with E-state index < -0.39 is 4.92 Å². The summed E-state index contributed by atoms with van der Waals surface area (Å²) in [6.07, 6.45) is 3.00. The zero-order chi connectivity index (χ0) is 19.4. The second-order valence-corrected chi connectivity index (χ2v) is 6.92. The smallest absolute Gasteiger partial charge is 0.273 e. The molecule has 0 N–H and O–H groups in total. The average molecular weight is 368 g/mol. The molecule has 1 aliphatic rings. The van der Waals surface area contributed by atoms with E-state index in [1.54, 1.807) is 26.2 Å². The zero-order valence-corrected chi connectivity index (χ0v) is 15.7. The minimum atomic E-state index is -0.436. The quantitative estimate of drug-likeness (QED) is 0.595. The van der Waals surface area contributed by atoms with Gasteiger partial charge in [0.25, 0.3) is 11.6 Å². The van der Waals surface area contributed by atoms with E-state index in [0.29, 0.717) is 24.2 Å². The summed E-state index contributed by atoms with van der Waals surface area (Å²) < 4.78 is 5.22. The minimum Gasteiger partial charge on any atom is -0.497 e. The van der Waals surface area contributed by atoms with E-state index in [4.69, 9.17) is 4.74 Å². The SMILES string of the molecule is COc1ccc(C2CCCCN(C(=O)c3cccc([N+](=O)[O-])c3C)C2)cc1. The molecule has 0 saturated carbocycles. The molecule has 27 heavy (non-hydrogen) atoms. The Morgan fingerprint density at radius 3 is 2.59 bits per heavy atom. The molecule has 1 amide bonds. The van der Waals surface area contributed by atoms with Crippen molar-refractivity contribution in [2.45, 2.75) is 32.1 Å². The number of carbonyl (C=O) groups is 1. The molecule has 2 aromatic rings. The number of nitro benzene ring substituents is 1. The molecule has 0 aromatic heterocycles. The maximum Gasteiger partial charge on any atom is 0.273 e. The molecule has 2 aromatic carbocycles. The fourth-order valence-electron chi connectivity index (χ4n) is 3.70. The summed E-state index contributed by atoms with van der Waals surface area (Å²) in [5.41, 5.74) is 2.02. The highest BCUT2D eigenvalue weighted by Crippen LogP contribution is 2.30. The number of likely N-dealkylation sites (tertiary alicyclic amines) is 1. The maximum atomic E-state index is 13.1. The predicted octanol–water partition coefficient (Wildman–Crippen LogP) is 4.32. The highest BCUT2D eigenvalue weighted by atomic mass is 16.6. The number of nitrogens with zero attached hydrogens (tertiary/aromatic N) is 2. The monoisotopic (exact) mass is 368 g/mol. The van der Waals surface area contributed by atoms with Gasteiger partial charge in [-0.25, -0.2) is 0 Å². The molecular formula is C21H24N2O4. The molecule has 142 valence electrons. The van der Waals surface area contributed by atoms with Gasteiger partial charge in [-0.2, -0.15) is 0 Å². The van der Waals surface area contributed by atoms with Gasteiger partial charge < -0.3 is 9.64 Å². The lowest BCUT2D eigenvalue weighted by Gasteiger charge is -2.25. The summed E-state index contributed by atoms with van der Waals surface area (Å²) in [4.78, 5) is 25.7. The Morgan fingerprint density at radius 2 is 1.93 bits per heavy atom. The number of rotatable bonds is 4. The zero-order valence-electron chi connectivity index (χ0n) is 15.7. The maximum absolute atomic E-state index is 13.1. The minimum absolute atomic E-state index is 0.0117. The first-order chi connectivity index (χ1) is 13.0. The van der Waals surface area contributed by atoms with Gasteiger partial charge in [-0.15, -0.1) is 0 Å². The van der Waals surface area contributed by atoms with Crippen LogP contribution in [-0.2, 0) is 0 Å². The molecule has 1 atom stereocenters. The number of amides is 1. The van der Waals surface area contributed by atoms with Gasteiger partial charge in [0.2, 0.25) is 0 Å². The predicted molar refractivity (Wildman–Crippen MR) is 103 cm³/mol. The van der Waals surface area contributed by atoms with Crippen LogP contribution < -0.4 is 4.74 Å². The summed E-state index contributed by atoms with van der Waals surface area (Å²) in [6.45, 7) is 2.94. The molecule has 1 fully saturated rings. The van der Waals surface area contributed by atoms with E-state index in [0.717, 1.165) is 25.0 Å². The molecule has 1 saturated heterocycles. The van der Waals surface area contributed by atoms with E-state index >= 15 is 0 Å². The molecule has 6 heteroatoms. The molecule has 3 rings (SSSR count). The molecule has 0 aliphatic carbocycles. The Hall–Kier alpha value is -2.89. The van der Waals surface area contributed by atoms with Crippen LogP contribution >= 0.6 is 0 Å². The number of nitro groups is 1. The lowest BCUT2D eigenvalue weighted by Crippen LogP contribution is -2.34. The first kappa shape index (κ1) is 18.9. The number of hydrogen-bond acceptors (Lipinski definition) is 4. The number of ether oxygens (including phenoxy) is 1. The summed E-state index contributed by atoms with van der Waals surface area (Å²) in [7, 11) is 1.64. The number of benzene rings is 2. The van der Waals surface area contributed by atoms with Gasteiger partial charge in [0.1, 0.15) is 5.75 Å². The lowest BCUT2D eigenvalue weighted by atomic mass is 9.94. The van der Waals surface area contributed by atoms with Gasteiger partial charge in [0.15, 0.2) is 0 Å². The van der Waals surface area contributed by atoms with Crippen molar-refractivity contribution in [3.63, 3.8) is 0 Å². The standard InChI is InChI=1S/C21H24N2O4/c1-15-19(7-5-8-20(15)23(25)26)21(24)22-13-4-3-6-17(14-22)16-9-11-18(27-2)12-10-16/h5,7-12,17H,3-4,6,13-14H2,1-2H3. The molecule has 0 bridgehead atoms. The molecule has 1 unspecified atom stereocenters. The van der Waals surface area contributed by atoms with Crippen LogP contribution in [0, 0.1) is 17.0 Å². The molecule has 1 heterocycles. The van der Waals surface area contributed by atoms with Crippen LogP contribution in [-0.4, -0.2) is 35.9 Å². The van der Waals surface area contributed by atoms with Gasteiger partial charge in [-0.1, -0.05) is 24.6 Å². The van der Waals surface area contributed by atoms with Crippen LogP contribution in [0.25, 0.3) is 0 Å². The highest BCUT2D eigenvalue weighted by Gasteiger charge is 2.26. The Labute approximate surface area is 158 Å². The summed E-state index contributed by atoms with van der Waals surface area (Å²) in [6, 6.07) is 12.7. The van der Waals surface area contributed by atoms with Gasteiger partial charge in [0, 0.05) is 36.2 Å². The fourth-order valence-corrected chi connectivity index (χ4v) is 3.70. The second-order valence-electron chi connectivity index (χ2n) is 6.92. The van der Waals surface area contributed by atoms with Crippen LogP contribution in [0.5, 0.6) is 5.75 Å². The Morgan fingerprint density at radius 1 is 1.19 bits per heavy atom. The molecule has 1 aliphatic heterocycles. The van der Waals surface area contributed by atoms with E-state index in [1.807, 2.05) is 17.0 Å². The van der Waals surface area contributed by atoms with Gasteiger partial charge in [0.05, 0.1) is 12.0 Å². The van der Waals surface area contributed by atoms with Crippen molar-refractivity contribution in [2.75, 3.05) is 20.2 Å². The van der Waals surface area contributed by atoms with E-state index in [9.17, 15) is 14.9 Å². The van der Waals surface area contributed by atoms with Crippen molar-refractivity contribution in [3.8, 4) is 5.75 Å². The third kappa shape index (κ3) is 4.10. The van der Waals surface area contributed by atoms with E-state index in [1.165, 1.54) is 11.6 Å². The van der Waals surface area contributed by atoms with Crippen molar-refractivity contribution in [1.82, 2.24) is 4.90 Å². The largest absolute Gasteiger partial charge is 0.497 e. The van der Waals surface area contributed by atoms with Crippen LogP contribution in [0.3, 0.4) is 0 Å². The average Bonchev–Trinajstić information content (AvgIpc) is 2.94. The molecule has 0 spiro atoms. The van der Waals surface area contributed by atoms with E-state index in [-0.39, 0.29) is 17.5 Å². The first-order valence-electron chi connectivity index (χ1n) is 9.18. The highest BCUT2D eigenvalue weighted by molar-refractivity contribution is 5.96. The number of methoxy groups -OCH3 is 1. The first-order valence-corrected chi connectivity index (χ1v) is 9.18. The Kier molecular flexibility index (Phi) is 5.74.